The Bertz CT molecular complexity index is 292. The van der Waals surface area contributed by atoms with E-state index in [1.54, 1.807) is 11.3 Å². The van der Waals surface area contributed by atoms with Gasteiger partial charge < -0.3 is 4.90 Å². The van der Waals surface area contributed by atoms with Gasteiger partial charge in [0.25, 0.3) is 0 Å². The molecule has 1 fully saturated rings. The first-order valence-corrected chi connectivity index (χ1v) is 6.60. The fourth-order valence-electron chi connectivity index (χ4n) is 2.31. The van der Waals surface area contributed by atoms with Crippen LogP contribution in [0.4, 0.5) is 5.13 Å². The van der Waals surface area contributed by atoms with E-state index in [4.69, 9.17) is 0 Å². The summed E-state index contributed by atoms with van der Waals surface area (Å²) in [4.78, 5) is 6.80. The molecule has 2 rings (SSSR count). The van der Waals surface area contributed by atoms with Crippen LogP contribution in [-0.2, 0) is 0 Å². The van der Waals surface area contributed by atoms with Crippen LogP contribution in [-0.4, -0.2) is 18.1 Å². The summed E-state index contributed by atoms with van der Waals surface area (Å²) >= 11 is 1.75. The quantitative estimate of drug-likeness (QED) is 0.727. The maximum Gasteiger partial charge on any atom is 0.185 e. The fourth-order valence-corrected chi connectivity index (χ4v) is 3.01. The number of aromatic nitrogens is 1. The van der Waals surface area contributed by atoms with Crippen molar-refractivity contribution in [2.24, 2.45) is 11.3 Å². The third-order valence-corrected chi connectivity index (χ3v) is 4.24. The monoisotopic (exact) mass is 224 g/mol. The Morgan fingerprint density at radius 1 is 1.33 bits per heavy atom. The van der Waals surface area contributed by atoms with E-state index in [1.165, 1.54) is 31.1 Å². The molecule has 1 aliphatic rings. The summed E-state index contributed by atoms with van der Waals surface area (Å²) in [5.74, 6) is 0.869. The van der Waals surface area contributed by atoms with Gasteiger partial charge in [0.15, 0.2) is 5.13 Å². The maximum atomic E-state index is 4.37. The second kappa shape index (κ2) is 4.12. The van der Waals surface area contributed by atoms with Gasteiger partial charge >= 0.3 is 0 Å². The van der Waals surface area contributed by atoms with Crippen LogP contribution < -0.4 is 4.90 Å². The van der Waals surface area contributed by atoms with E-state index < -0.39 is 0 Å². The Hall–Kier alpha value is -0.570. The molecule has 2 nitrogen and oxygen atoms in total. The van der Waals surface area contributed by atoms with Crippen molar-refractivity contribution in [3.63, 3.8) is 0 Å². The van der Waals surface area contributed by atoms with Crippen molar-refractivity contribution in [3.05, 3.63) is 11.6 Å². The van der Waals surface area contributed by atoms with Crippen molar-refractivity contribution in [1.82, 2.24) is 4.98 Å². The molecule has 0 saturated carbocycles. The van der Waals surface area contributed by atoms with E-state index >= 15 is 0 Å². The van der Waals surface area contributed by atoms with Gasteiger partial charge in [0.2, 0.25) is 0 Å². The molecule has 1 aromatic rings. The average Bonchev–Trinajstić information content (AvgIpc) is 2.69. The zero-order valence-corrected chi connectivity index (χ0v) is 10.7. The lowest BCUT2D eigenvalue weighted by molar-refractivity contribution is 0.199. The van der Waals surface area contributed by atoms with Crippen molar-refractivity contribution in [3.8, 4) is 0 Å². The van der Waals surface area contributed by atoms with Crippen LogP contribution in [0.5, 0.6) is 0 Å². The van der Waals surface area contributed by atoms with Gasteiger partial charge in [-0.15, -0.1) is 11.3 Å². The van der Waals surface area contributed by atoms with Gasteiger partial charge in [-0.2, -0.15) is 0 Å². The molecule has 1 saturated heterocycles. The lowest BCUT2D eigenvalue weighted by Gasteiger charge is -2.38. The number of anilines is 1. The van der Waals surface area contributed by atoms with Gasteiger partial charge in [0, 0.05) is 24.7 Å². The summed E-state index contributed by atoms with van der Waals surface area (Å²) in [7, 11) is 0. The van der Waals surface area contributed by atoms with Gasteiger partial charge in [-0.05, 0) is 24.2 Å². The molecule has 2 heterocycles. The molecule has 0 bridgehead atoms. The predicted octanol–water partition coefficient (Wildman–Crippen LogP) is 3.41. The van der Waals surface area contributed by atoms with Crippen LogP contribution >= 0.6 is 11.3 Å². The topological polar surface area (TPSA) is 16.1 Å². The van der Waals surface area contributed by atoms with E-state index in [9.17, 15) is 0 Å². The van der Waals surface area contributed by atoms with Crippen molar-refractivity contribution in [2.45, 2.75) is 33.6 Å². The van der Waals surface area contributed by atoms with Gasteiger partial charge in [-0.1, -0.05) is 20.8 Å². The van der Waals surface area contributed by atoms with Crippen LogP contribution in [0.3, 0.4) is 0 Å². The summed E-state index contributed by atoms with van der Waals surface area (Å²) in [5.41, 5.74) is 0.467. The Balaban J connectivity index is 1.93. The minimum Gasteiger partial charge on any atom is -0.348 e. The maximum absolute atomic E-state index is 4.37. The highest BCUT2D eigenvalue weighted by molar-refractivity contribution is 7.13. The van der Waals surface area contributed by atoms with Gasteiger partial charge in [0.05, 0.1) is 0 Å². The number of hydrogen-bond acceptors (Lipinski definition) is 3. The average molecular weight is 224 g/mol. The molecule has 0 N–H and O–H groups in total. The molecule has 3 heteroatoms. The van der Waals surface area contributed by atoms with Crippen molar-refractivity contribution < 1.29 is 0 Å². The number of hydrogen-bond donors (Lipinski definition) is 0. The second-order valence-corrected chi connectivity index (χ2v) is 6.32. The fraction of sp³-hybridized carbons (Fsp3) is 0.750. The number of piperidine rings is 1. The lowest BCUT2D eigenvalue weighted by atomic mass is 9.75. The number of rotatable bonds is 1. The van der Waals surface area contributed by atoms with Crippen LogP contribution in [0.1, 0.15) is 33.6 Å². The first kappa shape index (κ1) is 10.9. The number of nitrogens with zero attached hydrogens (tertiary/aromatic N) is 2. The molecule has 15 heavy (non-hydrogen) atoms. The zero-order valence-electron chi connectivity index (χ0n) is 9.86. The van der Waals surface area contributed by atoms with Crippen LogP contribution in [0, 0.1) is 11.3 Å². The van der Waals surface area contributed by atoms with E-state index in [2.05, 4.69) is 36.0 Å². The Morgan fingerprint density at radius 2 is 2.00 bits per heavy atom. The molecule has 0 unspecified atom stereocenters. The Morgan fingerprint density at radius 3 is 2.47 bits per heavy atom. The molecule has 1 aliphatic heterocycles. The molecule has 0 amide bonds. The molecule has 84 valence electrons. The van der Waals surface area contributed by atoms with Gasteiger partial charge in [0.1, 0.15) is 0 Å². The van der Waals surface area contributed by atoms with E-state index in [1.807, 2.05) is 6.20 Å². The largest absolute Gasteiger partial charge is 0.348 e. The highest BCUT2D eigenvalue weighted by atomic mass is 32.1. The van der Waals surface area contributed by atoms with Gasteiger partial charge in [-0.25, -0.2) is 4.98 Å². The minimum atomic E-state index is 0.467. The van der Waals surface area contributed by atoms with Crippen molar-refractivity contribution in [2.75, 3.05) is 18.0 Å². The smallest absolute Gasteiger partial charge is 0.185 e. The van der Waals surface area contributed by atoms with Crippen molar-refractivity contribution in [1.29, 1.82) is 0 Å². The highest BCUT2D eigenvalue weighted by Crippen LogP contribution is 2.35. The van der Waals surface area contributed by atoms with E-state index in [0.717, 1.165) is 5.92 Å². The summed E-state index contributed by atoms with van der Waals surface area (Å²) < 4.78 is 0. The molecule has 0 radical (unpaired) electrons. The van der Waals surface area contributed by atoms with E-state index in [0.29, 0.717) is 5.41 Å². The molecule has 0 aliphatic carbocycles. The predicted molar refractivity (Wildman–Crippen MR) is 66.5 cm³/mol. The third-order valence-electron chi connectivity index (χ3n) is 3.41. The first-order chi connectivity index (χ1) is 7.07. The van der Waals surface area contributed by atoms with E-state index in [-0.39, 0.29) is 0 Å². The summed E-state index contributed by atoms with van der Waals surface area (Å²) in [6.07, 6.45) is 4.52. The van der Waals surface area contributed by atoms with Gasteiger partial charge in [-0.3, -0.25) is 0 Å². The SMILES string of the molecule is CC(C)(C)C1CCN(c2nccs2)CC1. The van der Waals surface area contributed by atoms with Crippen LogP contribution in [0.2, 0.25) is 0 Å². The normalized spacial score (nSPS) is 19.5. The van der Waals surface area contributed by atoms with Crippen molar-refractivity contribution >= 4 is 16.5 Å². The van der Waals surface area contributed by atoms with Crippen LogP contribution in [0.15, 0.2) is 11.6 Å². The third kappa shape index (κ3) is 2.51. The summed E-state index contributed by atoms with van der Waals surface area (Å²) in [5, 5.41) is 3.26. The molecule has 1 aromatic heterocycles. The highest BCUT2D eigenvalue weighted by Gasteiger charge is 2.29. The Labute approximate surface area is 96.3 Å². The molecule has 0 atom stereocenters. The Kier molecular flexibility index (Phi) is 3.01. The van der Waals surface area contributed by atoms with Crippen LogP contribution in [0.25, 0.3) is 0 Å². The molecule has 0 spiro atoms. The lowest BCUT2D eigenvalue weighted by Crippen LogP contribution is -2.37. The minimum absolute atomic E-state index is 0.467. The zero-order chi connectivity index (χ0) is 10.9. The molecule has 0 aromatic carbocycles. The first-order valence-electron chi connectivity index (χ1n) is 5.72. The second-order valence-electron chi connectivity index (χ2n) is 5.44. The summed E-state index contributed by atoms with van der Waals surface area (Å²) in [6, 6.07) is 0. The molecular weight excluding hydrogens is 204 g/mol. The molecular formula is C12H20N2S. The standard InChI is InChI=1S/C12H20N2S/c1-12(2,3)10-4-7-14(8-5-10)11-13-6-9-15-11/h6,9-10H,4-5,7-8H2,1-3H3. The summed E-state index contributed by atoms with van der Waals surface area (Å²) in [6.45, 7) is 9.43. The number of thiazole rings is 1.